The van der Waals surface area contributed by atoms with Gasteiger partial charge in [0.15, 0.2) is 0 Å². The molecule has 0 aromatic heterocycles. The number of benzene rings is 1. The van der Waals surface area contributed by atoms with E-state index in [0.29, 0.717) is 35.2 Å². The van der Waals surface area contributed by atoms with Gasteiger partial charge in [0.1, 0.15) is 6.10 Å². The van der Waals surface area contributed by atoms with Crippen molar-refractivity contribution in [1.82, 2.24) is 0 Å². The lowest BCUT2D eigenvalue weighted by Crippen LogP contribution is -2.64. The molecule has 1 aromatic carbocycles. The molecule has 0 heterocycles. The Bertz CT molecular complexity index is 1230. The van der Waals surface area contributed by atoms with Crippen molar-refractivity contribution in [3.05, 3.63) is 47.5 Å². The maximum absolute atomic E-state index is 13.1. The molecule has 1 N–H and O–H groups in total. The van der Waals surface area contributed by atoms with E-state index in [2.05, 4.69) is 54.5 Å². The van der Waals surface area contributed by atoms with Crippen molar-refractivity contribution in [2.24, 2.45) is 63.1 Å². The number of carbonyl (C=O) groups excluding carboxylic acids is 1. The van der Waals surface area contributed by atoms with E-state index in [1.54, 1.807) is 5.57 Å². The highest BCUT2D eigenvalue weighted by atomic mass is 16.5. The summed E-state index contributed by atoms with van der Waals surface area (Å²) in [6.07, 6.45) is 11.0. The molecule has 0 saturated heterocycles. The Morgan fingerprint density at radius 2 is 1.61 bits per heavy atom. The summed E-state index contributed by atoms with van der Waals surface area (Å²) in [6, 6.07) is 9.43. The fourth-order valence-electron chi connectivity index (χ4n) is 11.9. The third kappa shape index (κ3) is 4.04. The summed E-state index contributed by atoms with van der Waals surface area (Å²) in [6.45, 7) is 17.1. The van der Waals surface area contributed by atoms with Crippen molar-refractivity contribution in [3.8, 4) is 0 Å². The Labute approximate surface area is 247 Å². The molecule has 5 aliphatic rings. The van der Waals surface area contributed by atoms with E-state index in [1.165, 1.54) is 6.42 Å². The number of carboxylic acids is 1. The van der Waals surface area contributed by atoms with Gasteiger partial charge in [-0.05, 0) is 115 Å². The summed E-state index contributed by atoms with van der Waals surface area (Å²) in [5, 5.41) is 10.2. The SMILES string of the molecule is C[C@@H]1C[C@@H](C(=O)O)C2CC[C@]3(C)C(=CCC4[C@@]5(C)CC[C@H](OC(=O)c6ccccc6)C(C)(C)C5CC[C@]43C)C2[C@H]1C. The number of rotatable bonds is 3. The largest absolute Gasteiger partial charge is 0.481 e. The van der Waals surface area contributed by atoms with Crippen LogP contribution in [0.4, 0.5) is 0 Å². The first-order valence-electron chi connectivity index (χ1n) is 16.4. The van der Waals surface area contributed by atoms with Gasteiger partial charge in [0.2, 0.25) is 0 Å². The van der Waals surface area contributed by atoms with Crippen LogP contribution in [0, 0.1) is 63.1 Å². The van der Waals surface area contributed by atoms with Gasteiger partial charge in [-0.15, -0.1) is 0 Å². The normalized spacial score (nSPS) is 46.6. The summed E-state index contributed by atoms with van der Waals surface area (Å²) >= 11 is 0. The molecule has 11 atom stereocenters. The van der Waals surface area contributed by atoms with E-state index >= 15 is 0 Å². The fourth-order valence-corrected chi connectivity index (χ4v) is 11.9. The van der Waals surface area contributed by atoms with Crippen molar-refractivity contribution in [2.45, 2.75) is 106 Å². The lowest BCUT2D eigenvalue weighted by atomic mass is 9.34. The van der Waals surface area contributed by atoms with Gasteiger partial charge < -0.3 is 9.84 Å². The molecular weight excluding hydrogens is 508 g/mol. The molecule has 4 unspecified atom stereocenters. The Hall–Kier alpha value is -2.10. The zero-order valence-corrected chi connectivity index (χ0v) is 26.4. The molecule has 0 amide bonds. The highest BCUT2D eigenvalue weighted by Gasteiger charge is 2.68. The highest BCUT2D eigenvalue weighted by Crippen LogP contribution is 2.74. The molecule has 0 aliphatic heterocycles. The Morgan fingerprint density at radius 1 is 0.902 bits per heavy atom. The number of aliphatic carboxylic acids is 1. The number of carbonyl (C=O) groups is 2. The minimum Gasteiger partial charge on any atom is -0.481 e. The van der Waals surface area contributed by atoms with Gasteiger partial charge in [-0.25, -0.2) is 4.79 Å². The molecule has 4 nitrogen and oxygen atoms in total. The summed E-state index contributed by atoms with van der Waals surface area (Å²) in [5.41, 5.74) is 2.64. The zero-order valence-electron chi connectivity index (χ0n) is 26.4. The van der Waals surface area contributed by atoms with Crippen LogP contribution in [0.1, 0.15) is 110 Å². The molecule has 1 aromatic rings. The predicted molar refractivity (Wildman–Crippen MR) is 162 cm³/mol. The third-order valence-corrected chi connectivity index (χ3v) is 14.4. The minimum atomic E-state index is -0.581. The Kier molecular flexibility index (Phi) is 6.87. The molecular formula is C37H52O4. The van der Waals surface area contributed by atoms with Crippen molar-refractivity contribution in [3.63, 3.8) is 0 Å². The number of hydrogen-bond donors (Lipinski definition) is 1. The molecule has 0 radical (unpaired) electrons. The number of ether oxygens (including phenoxy) is 1. The van der Waals surface area contributed by atoms with Gasteiger partial charge >= 0.3 is 11.9 Å². The second-order valence-electron chi connectivity index (χ2n) is 16.2. The standard InChI is InChI=1S/C37H52O4/c1-22-21-26(32(38)39)25-15-19-36(6)27(31(25)23(22)2)13-14-29-35(5)18-17-30(41-33(40)24-11-9-8-10-12-24)34(3,4)28(35)16-20-37(29,36)7/h8-13,22-23,25-26,28-31H,14-21H2,1-7H3,(H,38,39)/t22-,23+,25?,26-,28?,29?,30+,31?,35+,36-,37-/m1/s1. The zero-order chi connectivity index (χ0) is 29.5. The first kappa shape index (κ1) is 29.0. The average Bonchev–Trinajstić information content (AvgIpc) is 2.92. The van der Waals surface area contributed by atoms with Crippen molar-refractivity contribution < 1.29 is 19.4 Å². The van der Waals surface area contributed by atoms with Crippen LogP contribution in [0.3, 0.4) is 0 Å². The maximum atomic E-state index is 13.1. The van der Waals surface area contributed by atoms with E-state index in [-0.39, 0.29) is 45.6 Å². The fraction of sp³-hybridized carbons (Fsp3) is 0.730. The maximum Gasteiger partial charge on any atom is 0.338 e. The lowest BCUT2D eigenvalue weighted by molar-refractivity contribution is -0.202. The molecule has 41 heavy (non-hydrogen) atoms. The van der Waals surface area contributed by atoms with Crippen LogP contribution < -0.4 is 0 Å². The number of esters is 1. The van der Waals surface area contributed by atoms with Crippen molar-refractivity contribution in [1.29, 1.82) is 0 Å². The predicted octanol–water partition coefficient (Wildman–Crippen LogP) is 8.81. The average molecular weight is 561 g/mol. The van der Waals surface area contributed by atoms with Gasteiger partial charge in [-0.3, -0.25) is 4.79 Å². The van der Waals surface area contributed by atoms with Crippen molar-refractivity contribution in [2.75, 3.05) is 0 Å². The molecule has 0 bridgehead atoms. The topological polar surface area (TPSA) is 63.6 Å². The first-order chi connectivity index (χ1) is 19.3. The number of carboxylic acid groups (broad SMARTS) is 1. The smallest absolute Gasteiger partial charge is 0.338 e. The third-order valence-electron chi connectivity index (χ3n) is 14.4. The van der Waals surface area contributed by atoms with Gasteiger partial charge in [-0.2, -0.15) is 0 Å². The van der Waals surface area contributed by atoms with Crippen molar-refractivity contribution >= 4 is 11.9 Å². The van der Waals surface area contributed by atoms with Gasteiger partial charge in [-0.1, -0.05) is 78.3 Å². The van der Waals surface area contributed by atoms with Crippen LogP contribution in [0.5, 0.6) is 0 Å². The van der Waals surface area contributed by atoms with Crippen LogP contribution in [0.25, 0.3) is 0 Å². The summed E-state index contributed by atoms with van der Waals surface area (Å²) < 4.78 is 6.27. The van der Waals surface area contributed by atoms with E-state index in [9.17, 15) is 14.7 Å². The second kappa shape index (κ2) is 9.71. The Balaban J connectivity index is 1.31. The van der Waals surface area contributed by atoms with Crippen LogP contribution >= 0.6 is 0 Å². The van der Waals surface area contributed by atoms with Gasteiger partial charge in [0.25, 0.3) is 0 Å². The minimum absolute atomic E-state index is 0.0733. The van der Waals surface area contributed by atoms with Crippen LogP contribution in [0.2, 0.25) is 0 Å². The lowest BCUT2D eigenvalue weighted by Gasteiger charge is -2.71. The van der Waals surface area contributed by atoms with Gasteiger partial charge in [0.05, 0.1) is 11.5 Å². The monoisotopic (exact) mass is 560 g/mol. The molecule has 4 heteroatoms. The molecule has 224 valence electrons. The highest BCUT2D eigenvalue weighted by molar-refractivity contribution is 5.89. The van der Waals surface area contributed by atoms with Gasteiger partial charge in [0, 0.05) is 5.41 Å². The molecule has 4 fully saturated rings. The van der Waals surface area contributed by atoms with Crippen LogP contribution in [-0.2, 0) is 9.53 Å². The molecule has 5 aliphatic carbocycles. The first-order valence-corrected chi connectivity index (χ1v) is 16.4. The molecule has 6 rings (SSSR count). The summed E-state index contributed by atoms with van der Waals surface area (Å²) in [4.78, 5) is 25.5. The summed E-state index contributed by atoms with van der Waals surface area (Å²) in [7, 11) is 0. The quantitative estimate of drug-likeness (QED) is 0.296. The number of hydrogen-bond acceptors (Lipinski definition) is 3. The second-order valence-corrected chi connectivity index (χ2v) is 16.2. The number of allylic oxidation sites excluding steroid dienone is 2. The van der Waals surface area contributed by atoms with E-state index in [0.717, 1.165) is 44.9 Å². The van der Waals surface area contributed by atoms with Crippen LogP contribution in [0.15, 0.2) is 42.0 Å². The summed E-state index contributed by atoms with van der Waals surface area (Å²) in [5.74, 6) is 1.73. The van der Waals surface area contributed by atoms with Crippen LogP contribution in [-0.4, -0.2) is 23.1 Å². The Morgan fingerprint density at radius 3 is 2.29 bits per heavy atom. The van der Waals surface area contributed by atoms with E-state index in [1.807, 2.05) is 30.3 Å². The number of fused-ring (bicyclic) bond motifs is 7. The van der Waals surface area contributed by atoms with E-state index in [4.69, 9.17) is 4.74 Å². The van der Waals surface area contributed by atoms with E-state index < -0.39 is 5.97 Å². The molecule has 0 spiro atoms. The molecule has 4 saturated carbocycles.